The fourth-order valence-corrected chi connectivity index (χ4v) is 4.26. The summed E-state index contributed by atoms with van der Waals surface area (Å²) in [5, 5.41) is 10.5. The molecule has 0 saturated carbocycles. The van der Waals surface area contributed by atoms with Crippen molar-refractivity contribution in [1.29, 1.82) is 0 Å². The van der Waals surface area contributed by atoms with Crippen LogP contribution in [0.1, 0.15) is 12.8 Å². The first-order valence-corrected chi connectivity index (χ1v) is 9.97. The highest BCUT2D eigenvalue weighted by molar-refractivity contribution is 5.34. The molecule has 7 heteroatoms. The molecule has 3 aromatic rings. The summed E-state index contributed by atoms with van der Waals surface area (Å²) in [6.07, 6.45) is 1.61. The van der Waals surface area contributed by atoms with Gasteiger partial charge in [-0.15, -0.1) is 15.0 Å². The Hall–Kier alpha value is -3.03. The van der Waals surface area contributed by atoms with Gasteiger partial charge in [0.2, 0.25) is 0 Å². The molecule has 6 rings (SSSR count). The van der Waals surface area contributed by atoms with Crippen molar-refractivity contribution in [1.82, 2.24) is 19.4 Å². The average molecular weight is 391 g/mol. The highest BCUT2D eigenvalue weighted by Gasteiger charge is 2.49. The summed E-state index contributed by atoms with van der Waals surface area (Å²) >= 11 is 0. The van der Waals surface area contributed by atoms with Gasteiger partial charge in [-0.2, -0.15) is 0 Å². The van der Waals surface area contributed by atoms with E-state index in [2.05, 4.69) is 15.0 Å². The van der Waals surface area contributed by atoms with Gasteiger partial charge in [0.05, 0.1) is 13.1 Å². The van der Waals surface area contributed by atoms with Crippen LogP contribution < -0.4 is 14.0 Å². The van der Waals surface area contributed by atoms with E-state index < -0.39 is 0 Å². The van der Waals surface area contributed by atoms with Crippen LogP contribution in [0.2, 0.25) is 0 Å². The number of aliphatic hydroxyl groups excluding tert-OH is 1. The summed E-state index contributed by atoms with van der Waals surface area (Å²) in [6.45, 7) is 2.42. The first kappa shape index (κ1) is 18.0. The molecule has 29 heavy (non-hydrogen) atoms. The van der Waals surface area contributed by atoms with Crippen molar-refractivity contribution in [2.45, 2.75) is 18.9 Å². The van der Waals surface area contributed by atoms with Gasteiger partial charge in [0.15, 0.2) is 0 Å². The van der Waals surface area contributed by atoms with Gasteiger partial charge < -0.3 is 14.6 Å². The molecule has 1 N–H and O–H groups in total. The Morgan fingerprint density at radius 1 is 0.759 bits per heavy atom. The van der Waals surface area contributed by atoms with Gasteiger partial charge in [0.1, 0.15) is 24.1 Å². The van der Waals surface area contributed by atoms with Crippen molar-refractivity contribution in [3.05, 3.63) is 60.7 Å². The smallest absolute Gasteiger partial charge is 0.338 e. The molecule has 0 aliphatic carbocycles. The fraction of sp³-hybridized carbons (Fsp3) is 0.318. The van der Waals surface area contributed by atoms with Crippen molar-refractivity contribution < 1.29 is 14.6 Å². The Labute approximate surface area is 169 Å². The van der Waals surface area contributed by atoms with E-state index in [0.717, 1.165) is 25.9 Å². The molecule has 0 amide bonds. The number of benzene rings is 2. The molecule has 1 atom stereocenters. The van der Waals surface area contributed by atoms with E-state index in [1.54, 1.807) is 0 Å². The third kappa shape index (κ3) is 3.66. The van der Waals surface area contributed by atoms with Crippen LogP contribution in [0.3, 0.4) is 0 Å². The second-order valence-electron chi connectivity index (χ2n) is 7.71. The van der Waals surface area contributed by atoms with E-state index in [9.17, 15) is 5.11 Å². The maximum atomic E-state index is 10.5. The molecule has 2 bridgehead atoms. The normalized spacial score (nSPS) is 25.6. The number of hydrogen-bond acceptors (Lipinski definition) is 6. The third-order valence-corrected chi connectivity index (χ3v) is 5.85. The number of ether oxygens (including phenoxy) is 2. The van der Waals surface area contributed by atoms with Crippen molar-refractivity contribution in [2.24, 2.45) is 5.92 Å². The first-order valence-electron chi connectivity index (χ1n) is 9.97. The lowest BCUT2D eigenvalue weighted by molar-refractivity contribution is -0.0225. The second kappa shape index (κ2) is 7.42. The summed E-state index contributed by atoms with van der Waals surface area (Å²) in [5.41, 5.74) is 0. The van der Waals surface area contributed by atoms with Crippen LogP contribution in [-0.2, 0) is 0 Å². The van der Waals surface area contributed by atoms with Crippen LogP contribution in [0, 0.1) is 5.92 Å². The van der Waals surface area contributed by atoms with Gasteiger partial charge in [-0.1, -0.05) is 36.4 Å². The second-order valence-corrected chi connectivity index (χ2v) is 7.71. The highest BCUT2D eigenvalue weighted by atomic mass is 16.5. The topological polar surface area (TPSA) is 77.4 Å². The predicted molar refractivity (Wildman–Crippen MR) is 108 cm³/mol. The van der Waals surface area contributed by atoms with Crippen molar-refractivity contribution >= 4 is 5.95 Å². The van der Waals surface area contributed by atoms with Crippen LogP contribution in [-0.4, -0.2) is 45.8 Å². The van der Waals surface area contributed by atoms with Gasteiger partial charge in [-0.3, -0.25) is 4.48 Å². The van der Waals surface area contributed by atoms with Gasteiger partial charge in [0, 0.05) is 18.8 Å². The Balaban J connectivity index is 1.52. The molecular weight excluding hydrogens is 368 g/mol. The number of nitrogens with zero attached hydrogens (tertiary/aromatic N) is 4. The van der Waals surface area contributed by atoms with Crippen LogP contribution in [0.15, 0.2) is 60.7 Å². The molecule has 1 aromatic heterocycles. The summed E-state index contributed by atoms with van der Waals surface area (Å²) < 4.78 is 12.3. The molecule has 0 radical (unpaired) electrons. The molecule has 1 unspecified atom stereocenters. The summed E-state index contributed by atoms with van der Waals surface area (Å²) in [7, 11) is 0. The standard InChI is InChI=1S/C22H23N4O3/c27-19-15-26(13-11-16(19)12-14-26)20-23-21(28-17-7-3-1-4-8-17)25-22(24-20)29-18-9-5-2-6-10-18/h1-10,16,19,27H,11-15H2/q+1. The van der Waals surface area contributed by atoms with Gasteiger partial charge in [-0.25, -0.2) is 0 Å². The number of hydrogen-bond donors (Lipinski definition) is 1. The van der Waals surface area contributed by atoms with E-state index >= 15 is 0 Å². The minimum absolute atomic E-state index is 0.196. The number of piperidine rings is 3. The van der Waals surface area contributed by atoms with Crippen LogP contribution in [0.5, 0.6) is 23.5 Å². The lowest BCUT2D eigenvalue weighted by Crippen LogP contribution is -2.65. The number of aromatic nitrogens is 3. The Kier molecular flexibility index (Phi) is 4.61. The van der Waals surface area contributed by atoms with Gasteiger partial charge >= 0.3 is 18.0 Å². The molecular formula is C22H23N4O3+. The van der Waals surface area contributed by atoms with Crippen molar-refractivity contribution in [3.63, 3.8) is 0 Å². The highest BCUT2D eigenvalue weighted by Crippen LogP contribution is 2.38. The van der Waals surface area contributed by atoms with E-state index in [0.29, 0.717) is 34.4 Å². The first-order chi connectivity index (χ1) is 14.2. The SMILES string of the molecule is OC1C[N+]2(c3nc(Oc4ccccc4)nc(Oc4ccccc4)n3)CCC1CC2. The van der Waals surface area contributed by atoms with Gasteiger partial charge in [0.25, 0.3) is 0 Å². The molecule has 3 aliphatic rings. The van der Waals surface area contributed by atoms with Crippen LogP contribution >= 0.6 is 0 Å². The fourth-order valence-electron chi connectivity index (χ4n) is 4.26. The Morgan fingerprint density at radius 3 is 1.76 bits per heavy atom. The average Bonchev–Trinajstić information content (AvgIpc) is 2.76. The third-order valence-electron chi connectivity index (χ3n) is 5.85. The van der Waals surface area contributed by atoms with E-state index in [1.807, 2.05) is 60.7 Å². The van der Waals surface area contributed by atoms with E-state index in [-0.39, 0.29) is 18.1 Å². The van der Waals surface area contributed by atoms with Crippen LogP contribution in [0.4, 0.5) is 5.95 Å². The molecule has 3 aliphatic heterocycles. The quantitative estimate of drug-likeness (QED) is 0.670. The number of rotatable bonds is 5. The molecule has 0 spiro atoms. The molecule has 7 nitrogen and oxygen atoms in total. The molecule has 2 aromatic carbocycles. The zero-order chi connectivity index (χ0) is 19.7. The largest absolute Gasteiger partial charge is 0.424 e. The minimum atomic E-state index is -0.328. The lowest BCUT2D eigenvalue weighted by Gasteiger charge is -2.48. The summed E-state index contributed by atoms with van der Waals surface area (Å²) in [4.78, 5) is 13.6. The van der Waals surface area contributed by atoms with E-state index in [1.165, 1.54) is 0 Å². The number of para-hydroxylation sites is 2. The van der Waals surface area contributed by atoms with Crippen molar-refractivity contribution in [3.8, 4) is 23.5 Å². The Bertz CT molecular complexity index is 916. The summed E-state index contributed by atoms with van der Waals surface area (Å²) in [5.74, 6) is 2.27. The Morgan fingerprint density at radius 2 is 1.28 bits per heavy atom. The monoisotopic (exact) mass is 391 g/mol. The van der Waals surface area contributed by atoms with E-state index in [4.69, 9.17) is 9.47 Å². The summed E-state index contributed by atoms with van der Waals surface area (Å²) in [6, 6.07) is 19.2. The van der Waals surface area contributed by atoms with Crippen molar-refractivity contribution in [2.75, 3.05) is 19.6 Å². The molecule has 3 saturated heterocycles. The number of quaternary nitrogens is 1. The maximum Gasteiger partial charge on any atom is 0.338 e. The molecule has 3 fully saturated rings. The number of fused-ring (bicyclic) bond motifs is 3. The number of aliphatic hydroxyl groups is 1. The molecule has 148 valence electrons. The lowest BCUT2D eigenvalue weighted by atomic mass is 9.84. The minimum Gasteiger partial charge on any atom is -0.424 e. The van der Waals surface area contributed by atoms with Gasteiger partial charge in [-0.05, 0) is 24.3 Å². The zero-order valence-corrected chi connectivity index (χ0v) is 16.0. The maximum absolute atomic E-state index is 10.5. The van der Waals surface area contributed by atoms with Crippen LogP contribution in [0.25, 0.3) is 0 Å². The zero-order valence-electron chi connectivity index (χ0n) is 16.0. The predicted octanol–water partition coefficient (Wildman–Crippen LogP) is 3.55. The molecule has 4 heterocycles.